The molecule has 2 aromatic rings. The van der Waals surface area contributed by atoms with E-state index in [2.05, 4.69) is 10.1 Å². The van der Waals surface area contributed by atoms with Gasteiger partial charge in [0.1, 0.15) is 24.2 Å². The van der Waals surface area contributed by atoms with Crippen molar-refractivity contribution in [1.29, 1.82) is 0 Å². The van der Waals surface area contributed by atoms with Crippen molar-refractivity contribution < 1.29 is 32.7 Å². The molecule has 0 amide bonds. The zero-order valence-corrected chi connectivity index (χ0v) is 24.8. The number of hydrogen-bond donors (Lipinski definition) is 2. The number of nitrogens with two attached hydrogens (primary N) is 1. The second kappa shape index (κ2) is 14.4. The molecule has 224 valence electrons. The number of carbonyl (C=O) groups is 2. The third kappa shape index (κ3) is 9.55. The van der Waals surface area contributed by atoms with Gasteiger partial charge < -0.3 is 19.7 Å². The first kappa shape index (κ1) is 32.0. The molecular weight excluding hydrogens is 551 g/mol. The molecule has 1 fully saturated rings. The monoisotopic (exact) mass is 590 g/mol. The number of anilines is 1. The van der Waals surface area contributed by atoms with Gasteiger partial charge in [-0.25, -0.2) is 9.36 Å². The van der Waals surface area contributed by atoms with Crippen LogP contribution in [0.4, 0.5) is 5.82 Å². The lowest BCUT2D eigenvalue weighted by Crippen LogP contribution is -2.37. The normalized spacial score (nSPS) is 20.0. The highest BCUT2D eigenvalue weighted by atomic mass is 31.2. The summed E-state index contributed by atoms with van der Waals surface area (Å²) >= 11 is 0. The fourth-order valence-electron chi connectivity index (χ4n) is 3.99. The molecular formula is C28H39N4O8P. The van der Waals surface area contributed by atoms with E-state index >= 15 is 0 Å². The van der Waals surface area contributed by atoms with Crippen LogP contribution >= 0.6 is 7.75 Å². The highest BCUT2D eigenvalue weighted by Crippen LogP contribution is 2.56. The first-order chi connectivity index (χ1) is 19.5. The summed E-state index contributed by atoms with van der Waals surface area (Å²) < 4.78 is 37.9. The van der Waals surface area contributed by atoms with Crippen LogP contribution in [0.2, 0.25) is 0 Å². The molecule has 13 heteroatoms. The molecule has 0 spiro atoms. The molecule has 3 N–H and O–H groups in total. The number of nitrogen functional groups attached to an aromatic ring is 1. The first-order valence-corrected chi connectivity index (χ1v) is 15.2. The molecule has 3 rings (SSSR count). The lowest BCUT2D eigenvalue weighted by atomic mass is 10.1. The average molecular weight is 591 g/mol. The van der Waals surface area contributed by atoms with Crippen molar-refractivity contribution in [2.24, 2.45) is 5.41 Å². The van der Waals surface area contributed by atoms with Crippen molar-refractivity contribution in [2.45, 2.75) is 71.9 Å². The molecule has 1 aliphatic carbocycles. The van der Waals surface area contributed by atoms with E-state index < -0.39 is 30.9 Å². The number of esters is 2. The van der Waals surface area contributed by atoms with Gasteiger partial charge in [0.2, 0.25) is 0 Å². The summed E-state index contributed by atoms with van der Waals surface area (Å²) in [5.41, 5.74) is 4.85. The van der Waals surface area contributed by atoms with Crippen LogP contribution in [0.3, 0.4) is 0 Å². The summed E-state index contributed by atoms with van der Waals surface area (Å²) in [6.07, 6.45) is 5.51. The minimum absolute atomic E-state index is 0.0632. The predicted octanol–water partition coefficient (Wildman–Crippen LogP) is 4.31. The van der Waals surface area contributed by atoms with Crippen molar-refractivity contribution in [3.8, 4) is 5.75 Å². The Balaban J connectivity index is 1.83. The van der Waals surface area contributed by atoms with Gasteiger partial charge in [0.05, 0.1) is 18.1 Å². The molecule has 41 heavy (non-hydrogen) atoms. The minimum atomic E-state index is -4.17. The van der Waals surface area contributed by atoms with Crippen molar-refractivity contribution in [1.82, 2.24) is 14.6 Å². The Morgan fingerprint density at radius 1 is 1.17 bits per heavy atom. The molecule has 1 aliphatic rings. The van der Waals surface area contributed by atoms with Crippen LogP contribution in [0, 0.1) is 5.41 Å². The third-order valence-corrected chi connectivity index (χ3v) is 8.02. The molecule has 1 heterocycles. The number of rotatable bonds is 16. The van der Waals surface area contributed by atoms with E-state index in [1.54, 1.807) is 43.5 Å². The zero-order chi connectivity index (χ0) is 30.0. The van der Waals surface area contributed by atoms with Crippen LogP contribution in [-0.2, 0) is 28.2 Å². The third-order valence-electron chi connectivity index (χ3n) is 6.39. The number of aromatic nitrogens is 2. The summed E-state index contributed by atoms with van der Waals surface area (Å²) in [5.74, 6) is -0.635. The molecule has 0 radical (unpaired) electrons. The van der Waals surface area contributed by atoms with Gasteiger partial charge in [0.25, 0.3) is 0 Å². The molecule has 0 saturated heterocycles. The van der Waals surface area contributed by atoms with Gasteiger partial charge in [0, 0.05) is 18.8 Å². The maximum absolute atomic E-state index is 14.0. The van der Waals surface area contributed by atoms with E-state index in [9.17, 15) is 18.9 Å². The van der Waals surface area contributed by atoms with Gasteiger partial charge in [-0.2, -0.15) is 10.1 Å². The van der Waals surface area contributed by atoms with E-state index in [0.29, 0.717) is 24.8 Å². The fourth-order valence-corrected chi connectivity index (χ4v) is 5.57. The average Bonchev–Trinajstić information content (AvgIpc) is 3.61. The SMILES string of the molecule is CCCC(=O)OCC1(COP(=O)(N[C@@H](C)C(=O)O[C@@H](C)CCC)Oc2ccccc2)C/C1=C/n1ccc(N)nc1=O. The second-order valence-corrected chi connectivity index (χ2v) is 11.8. The lowest BCUT2D eigenvalue weighted by molar-refractivity contribution is -0.150. The van der Waals surface area contributed by atoms with Crippen LogP contribution in [0.25, 0.3) is 6.20 Å². The lowest BCUT2D eigenvalue weighted by Gasteiger charge is -2.25. The molecule has 0 aliphatic heterocycles. The topological polar surface area (TPSA) is 161 Å². The molecule has 12 nitrogen and oxygen atoms in total. The van der Waals surface area contributed by atoms with Crippen molar-refractivity contribution >= 4 is 31.7 Å². The molecule has 2 unspecified atom stereocenters. The van der Waals surface area contributed by atoms with Crippen LogP contribution in [-0.4, -0.2) is 46.8 Å². The van der Waals surface area contributed by atoms with E-state index in [1.807, 2.05) is 13.8 Å². The Morgan fingerprint density at radius 2 is 1.90 bits per heavy atom. The zero-order valence-electron chi connectivity index (χ0n) is 23.9. The Morgan fingerprint density at radius 3 is 2.56 bits per heavy atom. The van der Waals surface area contributed by atoms with Gasteiger partial charge in [-0.15, -0.1) is 0 Å². The number of ether oxygens (including phenoxy) is 2. The van der Waals surface area contributed by atoms with E-state index in [0.717, 1.165) is 6.42 Å². The van der Waals surface area contributed by atoms with Crippen LogP contribution in [0.5, 0.6) is 5.75 Å². The van der Waals surface area contributed by atoms with Gasteiger partial charge in [-0.3, -0.25) is 18.7 Å². The van der Waals surface area contributed by atoms with Gasteiger partial charge in [0.15, 0.2) is 0 Å². The number of nitrogens with zero attached hydrogens (tertiary/aromatic N) is 2. The maximum atomic E-state index is 14.0. The Hall–Kier alpha value is -3.47. The van der Waals surface area contributed by atoms with Gasteiger partial charge in [-0.1, -0.05) is 38.5 Å². The number of benzene rings is 1. The predicted molar refractivity (Wildman–Crippen MR) is 154 cm³/mol. The quantitative estimate of drug-likeness (QED) is 0.212. The van der Waals surface area contributed by atoms with Crippen LogP contribution < -0.4 is 21.0 Å². The number of carbonyl (C=O) groups excluding carboxylic acids is 2. The number of nitrogens with one attached hydrogen (secondary N) is 1. The number of para-hydroxylation sites is 1. The Kier molecular flexibility index (Phi) is 11.3. The second-order valence-electron chi connectivity index (χ2n) is 10.1. The summed E-state index contributed by atoms with van der Waals surface area (Å²) in [5, 5.41) is 2.68. The van der Waals surface area contributed by atoms with Crippen LogP contribution in [0.15, 0.2) is 53.0 Å². The first-order valence-electron chi connectivity index (χ1n) is 13.7. The number of hydrogen-bond acceptors (Lipinski definition) is 10. The van der Waals surface area contributed by atoms with Gasteiger partial charge >= 0.3 is 25.4 Å². The summed E-state index contributed by atoms with van der Waals surface area (Å²) in [7, 11) is -4.17. The van der Waals surface area contributed by atoms with Gasteiger partial charge in [-0.05, 0) is 56.9 Å². The highest BCUT2D eigenvalue weighted by Gasteiger charge is 2.52. The van der Waals surface area contributed by atoms with E-state index in [4.69, 9.17) is 24.3 Å². The largest absolute Gasteiger partial charge is 0.465 e. The fraction of sp³-hybridized carbons (Fsp3) is 0.500. The van der Waals surface area contributed by atoms with E-state index in [-0.39, 0.29) is 43.3 Å². The standard InChI is InChI=1S/C28H39N4O8P/c1-5-10-20(3)39-26(34)21(4)31-41(36,40-23-12-8-7-9-13-23)38-19-28(18-37-25(33)11-6-2)16-22(28)17-32-15-14-24(29)30-27(32)35/h7-9,12-15,17,20-21H,5-6,10-11,16,18-19H2,1-4H3,(H,31,36)(H2,29,30,35)/b22-17-/t20-,21-,28?,41?/m0/s1. The molecule has 4 atom stereocenters. The van der Waals surface area contributed by atoms with Crippen molar-refractivity contribution in [3.63, 3.8) is 0 Å². The molecule has 0 bridgehead atoms. The summed E-state index contributed by atoms with van der Waals surface area (Å²) in [6.45, 7) is 6.89. The summed E-state index contributed by atoms with van der Waals surface area (Å²) in [6, 6.07) is 8.86. The summed E-state index contributed by atoms with van der Waals surface area (Å²) in [4.78, 5) is 40.9. The van der Waals surface area contributed by atoms with Crippen molar-refractivity contribution in [3.05, 3.63) is 58.7 Å². The molecule has 1 saturated carbocycles. The van der Waals surface area contributed by atoms with Crippen LogP contribution in [0.1, 0.15) is 59.8 Å². The minimum Gasteiger partial charge on any atom is -0.465 e. The molecule has 1 aromatic carbocycles. The maximum Gasteiger partial charge on any atom is 0.459 e. The Bertz CT molecular complexity index is 1330. The van der Waals surface area contributed by atoms with E-state index in [1.165, 1.54) is 23.8 Å². The van der Waals surface area contributed by atoms with Crippen molar-refractivity contribution in [2.75, 3.05) is 18.9 Å². The Labute approximate surface area is 239 Å². The smallest absolute Gasteiger partial charge is 0.459 e. The molecule has 1 aromatic heterocycles. The highest BCUT2D eigenvalue weighted by molar-refractivity contribution is 7.52.